The first-order valence-corrected chi connectivity index (χ1v) is 6.27. The molecule has 0 saturated carbocycles. The molecule has 1 amide bonds. The number of fused-ring (bicyclic) bond motifs is 1. The SMILES string of the molecule is Cc1cc2c(cc1N)N(C(=O)c1ccnn1C)CC2. The molecule has 0 unspecified atom stereocenters. The summed E-state index contributed by atoms with van der Waals surface area (Å²) in [5.74, 6) is -0.0259. The number of hydrogen-bond donors (Lipinski definition) is 1. The molecule has 5 heteroatoms. The first-order chi connectivity index (χ1) is 9.08. The Morgan fingerprint density at radius 2 is 2.21 bits per heavy atom. The predicted molar refractivity (Wildman–Crippen MR) is 74.2 cm³/mol. The minimum absolute atomic E-state index is 0.0259. The van der Waals surface area contributed by atoms with E-state index in [1.807, 2.05) is 13.0 Å². The number of carbonyl (C=O) groups excluding carboxylic acids is 1. The average molecular weight is 256 g/mol. The maximum atomic E-state index is 12.5. The van der Waals surface area contributed by atoms with Gasteiger partial charge < -0.3 is 10.6 Å². The molecule has 0 bridgehead atoms. The van der Waals surface area contributed by atoms with Crippen molar-refractivity contribution in [1.82, 2.24) is 9.78 Å². The van der Waals surface area contributed by atoms with Gasteiger partial charge in [-0.3, -0.25) is 9.48 Å². The smallest absolute Gasteiger partial charge is 0.276 e. The Kier molecular flexibility index (Phi) is 2.55. The molecule has 1 aliphatic heterocycles. The van der Waals surface area contributed by atoms with Gasteiger partial charge in [0.05, 0.1) is 0 Å². The summed E-state index contributed by atoms with van der Waals surface area (Å²) in [6, 6.07) is 5.70. The maximum absolute atomic E-state index is 12.5. The Balaban J connectivity index is 2.01. The van der Waals surface area contributed by atoms with E-state index in [9.17, 15) is 4.79 Å². The number of anilines is 2. The molecule has 0 radical (unpaired) electrons. The number of nitrogen functional groups attached to an aromatic ring is 1. The van der Waals surface area contributed by atoms with Crippen molar-refractivity contribution >= 4 is 17.3 Å². The van der Waals surface area contributed by atoms with Gasteiger partial charge >= 0.3 is 0 Å². The van der Waals surface area contributed by atoms with Crippen LogP contribution in [-0.4, -0.2) is 22.2 Å². The van der Waals surface area contributed by atoms with Crippen LogP contribution in [0.3, 0.4) is 0 Å². The predicted octanol–water partition coefficient (Wildman–Crippen LogP) is 1.51. The number of amides is 1. The van der Waals surface area contributed by atoms with E-state index >= 15 is 0 Å². The number of hydrogen-bond acceptors (Lipinski definition) is 3. The summed E-state index contributed by atoms with van der Waals surface area (Å²) in [6.07, 6.45) is 2.51. The number of nitrogens with two attached hydrogens (primary N) is 1. The van der Waals surface area contributed by atoms with Gasteiger partial charge in [0.15, 0.2) is 0 Å². The number of rotatable bonds is 1. The van der Waals surface area contributed by atoms with Crippen LogP contribution in [0.15, 0.2) is 24.4 Å². The molecule has 0 fully saturated rings. The normalized spacial score (nSPS) is 13.7. The molecular weight excluding hydrogens is 240 g/mol. The molecule has 3 rings (SSSR count). The third-order valence-corrected chi connectivity index (χ3v) is 3.65. The van der Waals surface area contributed by atoms with E-state index in [1.165, 1.54) is 5.56 Å². The molecule has 0 atom stereocenters. The fraction of sp³-hybridized carbons (Fsp3) is 0.286. The highest BCUT2D eigenvalue weighted by Gasteiger charge is 2.27. The van der Waals surface area contributed by atoms with Gasteiger partial charge in [-0.2, -0.15) is 5.10 Å². The zero-order valence-electron chi connectivity index (χ0n) is 11.1. The second-order valence-electron chi connectivity index (χ2n) is 4.88. The lowest BCUT2D eigenvalue weighted by molar-refractivity contribution is 0.0980. The lowest BCUT2D eigenvalue weighted by Gasteiger charge is -2.18. The Labute approximate surface area is 111 Å². The highest BCUT2D eigenvalue weighted by Crippen LogP contribution is 2.32. The van der Waals surface area contributed by atoms with Crippen LogP contribution >= 0.6 is 0 Å². The number of carbonyl (C=O) groups is 1. The van der Waals surface area contributed by atoms with Crippen LogP contribution in [0.5, 0.6) is 0 Å². The molecule has 0 aliphatic carbocycles. The Morgan fingerprint density at radius 1 is 1.42 bits per heavy atom. The molecule has 19 heavy (non-hydrogen) atoms. The zero-order chi connectivity index (χ0) is 13.6. The van der Waals surface area contributed by atoms with Crippen LogP contribution in [-0.2, 0) is 13.5 Å². The minimum Gasteiger partial charge on any atom is -0.398 e. The third kappa shape index (κ3) is 1.78. The Bertz CT molecular complexity index is 659. The van der Waals surface area contributed by atoms with Crippen molar-refractivity contribution in [2.24, 2.45) is 7.05 Å². The molecule has 2 N–H and O–H groups in total. The largest absolute Gasteiger partial charge is 0.398 e. The summed E-state index contributed by atoms with van der Waals surface area (Å²) in [5, 5.41) is 4.04. The van der Waals surface area contributed by atoms with Crippen LogP contribution in [0.4, 0.5) is 11.4 Å². The average Bonchev–Trinajstić information content (AvgIpc) is 2.96. The lowest BCUT2D eigenvalue weighted by atomic mass is 10.1. The van der Waals surface area contributed by atoms with Crippen molar-refractivity contribution in [1.29, 1.82) is 0 Å². The van der Waals surface area contributed by atoms with E-state index < -0.39 is 0 Å². The molecule has 2 aromatic rings. The Hall–Kier alpha value is -2.30. The van der Waals surface area contributed by atoms with Crippen LogP contribution in [0.1, 0.15) is 21.6 Å². The lowest BCUT2D eigenvalue weighted by Crippen LogP contribution is -2.30. The summed E-state index contributed by atoms with van der Waals surface area (Å²) < 4.78 is 1.60. The van der Waals surface area contributed by atoms with E-state index in [1.54, 1.807) is 28.9 Å². The number of nitrogens with zero attached hydrogens (tertiary/aromatic N) is 3. The van der Waals surface area contributed by atoms with Gasteiger partial charge in [-0.25, -0.2) is 0 Å². The topological polar surface area (TPSA) is 64.2 Å². The summed E-state index contributed by atoms with van der Waals surface area (Å²) in [7, 11) is 1.77. The minimum atomic E-state index is -0.0259. The highest BCUT2D eigenvalue weighted by molar-refractivity contribution is 6.06. The van der Waals surface area contributed by atoms with Gasteiger partial charge in [0.1, 0.15) is 5.69 Å². The molecule has 2 heterocycles. The van der Waals surface area contributed by atoms with E-state index in [0.717, 1.165) is 23.4 Å². The monoisotopic (exact) mass is 256 g/mol. The summed E-state index contributed by atoms with van der Waals surface area (Å²) >= 11 is 0. The van der Waals surface area contributed by atoms with Crippen molar-refractivity contribution in [2.45, 2.75) is 13.3 Å². The standard InChI is InChI=1S/C14H16N4O/c1-9-7-10-4-6-18(13(10)8-11(9)15)14(19)12-3-5-16-17(12)2/h3,5,7-8H,4,6,15H2,1-2H3. The number of aryl methyl sites for hydroxylation is 2. The van der Waals surface area contributed by atoms with Crippen molar-refractivity contribution in [3.63, 3.8) is 0 Å². The highest BCUT2D eigenvalue weighted by atomic mass is 16.2. The van der Waals surface area contributed by atoms with E-state index in [2.05, 4.69) is 11.2 Å². The maximum Gasteiger partial charge on any atom is 0.276 e. The van der Waals surface area contributed by atoms with Gasteiger partial charge in [0, 0.05) is 31.2 Å². The molecule has 5 nitrogen and oxygen atoms in total. The summed E-state index contributed by atoms with van der Waals surface area (Å²) in [6.45, 7) is 2.68. The summed E-state index contributed by atoms with van der Waals surface area (Å²) in [4.78, 5) is 14.3. The summed E-state index contributed by atoms with van der Waals surface area (Å²) in [5.41, 5.74) is 10.4. The molecular formula is C14H16N4O. The third-order valence-electron chi connectivity index (χ3n) is 3.65. The van der Waals surface area contributed by atoms with E-state index in [4.69, 9.17) is 5.73 Å². The number of aromatic nitrogens is 2. The van der Waals surface area contributed by atoms with Crippen molar-refractivity contribution < 1.29 is 4.79 Å². The number of benzene rings is 1. The van der Waals surface area contributed by atoms with E-state index in [0.29, 0.717) is 12.2 Å². The van der Waals surface area contributed by atoms with E-state index in [-0.39, 0.29) is 5.91 Å². The zero-order valence-corrected chi connectivity index (χ0v) is 11.1. The second kappa shape index (κ2) is 4.12. The molecule has 0 saturated heterocycles. The van der Waals surface area contributed by atoms with Gasteiger partial charge in [0.2, 0.25) is 0 Å². The Morgan fingerprint density at radius 3 is 2.89 bits per heavy atom. The van der Waals surface area contributed by atoms with Crippen molar-refractivity contribution in [3.8, 4) is 0 Å². The van der Waals surface area contributed by atoms with Crippen LogP contribution in [0.25, 0.3) is 0 Å². The fourth-order valence-electron chi connectivity index (χ4n) is 2.51. The van der Waals surface area contributed by atoms with Gasteiger partial charge in [-0.1, -0.05) is 6.07 Å². The molecule has 0 spiro atoms. The molecule has 98 valence electrons. The van der Waals surface area contributed by atoms with Crippen LogP contribution in [0, 0.1) is 6.92 Å². The van der Waals surface area contributed by atoms with Crippen LogP contribution < -0.4 is 10.6 Å². The van der Waals surface area contributed by atoms with Crippen LogP contribution in [0.2, 0.25) is 0 Å². The van der Waals surface area contributed by atoms with Gasteiger partial charge in [-0.15, -0.1) is 0 Å². The van der Waals surface area contributed by atoms with Gasteiger partial charge in [-0.05, 0) is 36.6 Å². The molecule has 1 aromatic carbocycles. The molecule has 1 aliphatic rings. The van der Waals surface area contributed by atoms with Crippen molar-refractivity contribution in [2.75, 3.05) is 17.2 Å². The second-order valence-corrected chi connectivity index (χ2v) is 4.88. The fourth-order valence-corrected chi connectivity index (χ4v) is 2.51. The van der Waals surface area contributed by atoms with Crippen molar-refractivity contribution in [3.05, 3.63) is 41.2 Å². The quantitative estimate of drug-likeness (QED) is 0.787. The first-order valence-electron chi connectivity index (χ1n) is 6.27. The first kappa shape index (κ1) is 11.8. The van der Waals surface area contributed by atoms with Gasteiger partial charge in [0.25, 0.3) is 5.91 Å². The molecule has 1 aromatic heterocycles.